The van der Waals surface area contributed by atoms with E-state index in [0.29, 0.717) is 19.7 Å². The number of carbonyl (C=O) groups is 1. The molecule has 2 aliphatic rings. The number of hydrogen-bond donors (Lipinski definition) is 0. The zero-order valence-corrected chi connectivity index (χ0v) is 17.4. The van der Waals surface area contributed by atoms with Crippen LogP contribution in [0.3, 0.4) is 0 Å². The van der Waals surface area contributed by atoms with E-state index in [1.54, 1.807) is 11.1 Å². The third-order valence-electron chi connectivity index (χ3n) is 5.36. The number of ether oxygens (including phenoxy) is 1. The molecule has 5 heteroatoms. The molecule has 0 aromatic heterocycles. The highest BCUT2D eigenvalue weighted by Crippen LogP contribution is 2.37. The molecule has 0 spiro atoms. The van der Waals surface area contributed by atoms with Crippen LogP contribution in [0.25, 0.3) is 5.57 Å². The van der Waals surface area contributed by atoms with Gasteiger partial charge in [0.15, 0.2) is 0 Å². The number of hydrogen-bond acceptors (Lipinski definition) is 3. The summed E-state index contributed by atoms with van der Waals surface area (Å²) in [4.78, 5) is 18.5. The number of likely N-dealkylation sites (tertiary alicyclic amines) is 1. The number of aryl methyl sites for hydroxylation is 1. The smallest absolute Gasteiger partial charge is 0.409 e. The zero-order valence-electron chi connectivity index (χ0n) is 16.6. The van der Waals surface area contributed by atoms with Gasteiger partial charge in [-0.25, -0.2) is 4.79 Å². The number of allylic oxidation sites excluding steroid dienone is 3. The van der Waals surface area contributed by atoms with Gasteiger partial charge in [0.1, 0.15) is 0 Å². The Morgan fingerprint density at radius 1 is 1.29 bits per heavy atom. The van der Waals surface area contributed by atoms with E-state index in [1.165, 1.54) is 27.8 Å². The summed E-state index contributed by atoms with van der Waals surface area (Å²) in [5.74, 6) is 0. The molecule has 0 bridgehead atoms. The van der Waals surface area contributed by atoms with Crippen molar-refractivity contribution in [3.8, 4) is 0 Å². The minimum Gasteiger partial charge on any atom is -0.450 e. The third-order valence-corrected chi connectivity index (χ3v) is 5.59. The first-order valence-corrected chi connectivity index (χ1v) is 10.2. The van der Waals surface area contributed by atoms with Gasteiger partial charge in [0, 0.05) is 29.9 Å². The van der Waals surface area contributed by atoms with Crippen molar-refractivity contribution in [3.05, 3.63) is 64.3 Å². The largest absolute Gasteiger partial charge is 0.450 e. The minimum absolute atomic E-state index is 0.228. The van der Waals surface area contributed by atoms with Crippen molar-refractivity contribution >= 4 is 29.0 Å². The van der Waals surface area contributed by atoms with Crippen LogP contribution >= 0.6 is 11.6 Å². The van der Waals surface area contributed by atoms with E-state index in [2.05, 4.69) is 36.7 Å². The molecule has 148 valence electrons. The molecule has 1 amide bonds. The maximum atomic E-state index is 12.1. The van der Waals surface area contributed by atoms with Gasteiger partial charge in [-0.05, 0) is 68.4 Å². The Hall–Kier alpha value is -2.33. The monoisotopic (exact) mass is 398 g/mol. The second-order valence-electron chi connectivity index (χ2n) is 6.94. The Morgan fingerprint density at radius 2 is 2.04 bits per heavy atom. The average Bonchev–Trinajstić information content (AvgIpc) is 2.85. The SMILES string of the molecule is C=CN=C1C(=C2CCN(C(=O)OCC)CC2)c2ccc(Cl)cc2CC/C1=C/C. The van der Waals surface area contributed by atoms with Crippen LogP contribution in [0.4, 0.5) is 4.79 Å². The minimum atomic E-state index is -0.228. The van der Waals surface area contributed by atoms with E-state index in [4.69, 9.17) is 16.3 Å². The van der Waals surface area contributed by atoms with Crippen molar-refractivity contribution in [1.82, 2.24) is 4.90 Å². The lowest BCUT2D eigenvalue weighted by molar-refractivity contribution is 0.104. The van der Waals surface area contributed by atoms with Crippen molar-refractivity contribution in [3.63, 3.8) is 0 Å². The Kier molecular flexibility index (Phi) is 6.74. The molecule has 0 atom stereocenters. The quantitative estimate of drug-likeness (QED) is 0.588. The molecule has 0 radical (unpaired) electrons. The maximum Gasteiger partial charge on any atom is 0.409 e. The van der Waals surface area contributed by atoms with Crippen molar-refractivity contribution in [2.45, 2.75) is 39.5 Å². The number of benzene rings is 1. The fourth-order valence-electron chi connectivity index (χ4n) is 3.99. The van der Waals surface area contributed by atoms with Gasteiger partial charge in [-0.1, -0.05) is 35.9 Å². The number of rotatable bonds is 2. The van der Waals surface area contributed by atoms with Crippen LogP contribution in [0.1, 0.15) is 44.2 Å². The van der Waals surface area contributed by atoms with Gasteiger partial charge in [0.05, 0.1) is 12.3 Å². The molecule has 1 fully saturated rings. The number of nitrogens with zero attached hydrogens (tertiary/aromatic N) is 2. The molecule has 4 nitrogen and oxygen atoms in total. The number of amides is 1. The van der Waals surface area contributed by atoms with Crippen LogP contribution in [0.5, 0.6) is 0 Å². The Morgan fingerprint density at radius 3 is 2.68 bits per heavy atom. The zero-order chi connectivity index (χ0) is 20.1. The lowest BCUT2D eigenvalue weighted by atomic mass is 9.87. The van der Waals surface area contributed by atoms with Gasteiger partial charge in [0.25, 0.3) is 0 Å². The lowest BCUT2D eigenvalue weighted by Gasteiger charge is -2.29. The summed E-state index contributed by atoms with van der Waals surface area (Å²) in [5, 5.41) is 0.756. The molecule has 1 aliphatic heterocycles. The molecule has 0 saturated carbocycles. The fraction of sp³-hybridized carbons (Fsp3) is 0.391. The summed E-state index contributed by atoms with van der Waals surface area (Å²) in [5.41, 5.74) is 7.17. The molecule has 1 aromatic carbocycles. The Balaban J connectivity index is 2.06. The molecule has 3 rings (SSSR count). The summed E-state index contributed by atoms with van der Waals surface area (Å²) in [6.07, 6.45) is 7.00. The van der Waals surface area contributed by atoms with Crippen LogP contribution in [0.2, 0.25) is 5.02 Å². The number of piperidine rings is 1. The lowest BCUT2D eigenvalue weighted by Crippen LogP contribution is -2.37. The first-order chi connectivity index (χ1) is 13.6. The van der Waals surface area contributed by atoms with Gasteiger partial charge >= 0.3 is 6.09 Å². The number of fused-ring (bicyclic) bond motifs is 1. The second-order valence-corrected chi connectivity index (χ2v) is 7.38. The summed E-state index contributed by atoms with van der Waals surface area (Å²) >= 11 is 6.28. The van der Waals surface area contributed by atoms with E-state index < -0.39 is 0 Å². The van der Waals surface area contributed by atoms with Crippen molar-refractivity contribution < 1.29 is 9.53 Å². The highest BCUT2D eigenvalue weighted by molar-refractivity contribution is 6.34. The predicted molar refractivity (Wildman–Crippen MR) is 116 cm³/mol. The highest BCUT2D eigenvalue weighted by Gasteiger charge is 2.28. The van der Waals surface area contributed by atoms with Gasteiger partial charge < -0.3 is 9.64 Å². The van der Waals surface area contributed by atoms with E-state index >= 15 is 0 Å². The van der Waals surface area contributed by atoms with Crippen LogP contribution in [-0.4, -0.2) is 36.4 Å². The molecule has 0 unspecified atom stereocenters. The maximum absolute atomic E-state index is 12.1. The first kappa shape index (κ1) is 20.4. The summed E-state index contributed by atoms with van der Waals surface area (Å²) in [7, 11) is 0. The molecular formula is C23H27ClN2O2. The molecular weight excluding hydrogens is 372 g/mol. The predicted octanol–water partition coefficient (Wildman–Crippen LogP) is 5.82. The van der Waals surface area contributed by atoms with Crippen LogP contribution in [-0.2, 0) is 11.2 Å². The fourth-order valence-corrected chi connectivity index (χ4v) is 4.19. The standard InChI is InChI=1S/C23H27ClN2O2/c1-4-16-7-8-18-15-19(24)9-10-20(18)21(22(16)25-5-2)17-11-13-26(14-12-17)23(27)28-6-3/h4-5,9-10,15H,2,6-8,11-14H2,1,3H3/b16-4-,25-22?. The van der Waals surface area contributed by atoms with Gasteiger partial charge in [-0.2, -0.15) is 0 Å². The van der Waals surface area contributed by atoms with E-state index in [9.17, 15) is 4.79 Å². The van der Waals surface area contributed by atoms with Crippen LogP contribution in [0.15, 0.2) is 53.2 Å². The first-order valence-electron chi connectivity index (χ1n) is 9.86. The average molecular weight is 399 g/mol. The molecule has 1 heterocycles. The molecule has 28 heavy (non-hydrogen) atoms. The molecule has 1 saturated heterocycles. The van der Waals surface area contributed by atoms with Crippen molar-refractivity contribution in [2.24, 2.45) is 4.99 Å². The van der Waals surface area contributed by atoms with E-state index in [-0.39, 0.29) is 6.09 Å². The highest BCUT2D eigenvalue weighted by atomic mass is 35.5. The Labute approximate surface area is 172 Å². The molecule has 0 N–H and O–H groups in total. The van der Waals surface area contributed by atoms with E-state index in [1.807, 2.05) is 13.0 Å². The van der Waals surface area contributed by atoms with Gasteiger partial charge in [0.2, 0.25) is 0 Å². The van der Waals surface area contributed by atoms with E-state index in [0.717, 1.165) is 36.4 Å². The summed E-state index contributed by atoms with van der Waals surface area (Å²) < 4.78 is 5.16. The normalized spacial score (nSPS) is 20.2. The Bertz CT molecular complexity index is 857. The molecule has 1 aromatic rings. The number of aliphatic imine (C=N–C) groups is 1. The summed E-state index contributed by atoms with van der Waals surface area (Å²) in [6, 6.07) is 6.12. The van der Waals surface area contributed by atoms with Gasteiger partial charge in [-0.3, -0.25) is 4.99 Å². The van der Waals surface area contributed by atoms with Gasteiger partial charge in [-0.15, -0.1) is 0 Å². The number of halogens is 1. The molecule has 1 aliphatic carbocycles. The second kappa shape index (κ2) is 9.24. The van der Waals surface area contributed by atoms with Crippen LogP contribution in [0, 0.1) is 0 Å². The van der Waals surface area contributed by atoms with Crippen molar-refractivity contribution in [2.75, 3.05) is 19.7 Å². The third kappa shape index (κ3) is 4.22. The summed E-state index contributed by atoms with van der Waals surface area (Å²) in [6.45, 7) is 9.44. The number of carbonyl (C=O) groups excluding carboxylic acids is 1. The van der Waals surface area contributed by atoms with Crippen LogP contribution < -0.4 is 0 Å². The van der Waals surface area contributed by atoms with Crippen molar-refractivity contribution in [1.29, 1.82) is 0 Å². The topological polar surface area (TPSA) is 41.9 Å².